The molecule has 98 valence electrons. The molecule has 0 amide bonds. The summed E-state index contributed by atoms with van der Waals surface area (Å²) >= 11 is 0. The van der Waals surface area contributed by atoms with Crippen LogP contribution in [0, 0.1) is 5.82 Å². The summed E-state index contributed by atoms with van der Waals surface area (Å²) in [5, 5.41) is 12.1. The zero-order valence-electron chi connectivity index (χ0n) is 10.5. The van der Waals surface area contributed by atoms with Crippen molar-refractivity contribution >= 4 is 12.3 Å². The maximum atomic E-state index is 13.4. The Labute approximate surface area is 115 Å². The molecule has 0 spiro atoms. The molecule has 0 radical (unpaired) electrons. The van der Waals surface area contributed by atoms with Gasteiger partial charge in [0.05, 0.1) is 6.20 Å². The van der Waals surface area contributed by atoms with Crippen molar-refractivity contribution in [1.82, 2.24) is 20.2 Å². The van der Waals surface area contributed by atoms with Crippen molar-refractivity contribution in [3.05, 3.63) is 66.0 Å². The average molecular weight is 266 g/mol. The molecule has 0 saturated carbocycles. The molecular weight excluding hydrogens is 255 g/mol. The third-order valence-corrected chi connectivity index (χ3v) is 2.75. The van der Waals surface area contributed by atoms with Gasteiger partial charge in [0.15, 0.2) is 0 Å². The van der Waals surface area contributed by atoms with E-state index >= 15 is 0 Å². The highest BCUT2D eigenvalue weighted by Crippen LogP contribution is 2.12. The Hall–Kier alpha value is -2.82. The number of benzene rings is 2. The van der Waals surface area contributed by atoms with Gasteiger partial charge in [-0.25, -0.2) is 4.39 Å². The summed E-state index contributed by atoms with van der Waals surface area (Å²) in [6, 6.07) is 16.1. The topological polar surface area (TPSA) is 43.6 Å². The maximum Gasteiger partial charge on any atom is 0.205 e. The zero-order chi connectivity index (χ0) is 13.8. The highest BCUT2D eigenvalue weighted by atomic mass is 19.1. The van der Waals surface area contributed by atoms with E-state index in [4.69, 9.17) is 0 Å². The second-order valence-electron chi connectivity index (χ2n) is 4.14. The van der Waals surface area contributed by atoms with Gasteiger partial charge in [-0.3, -0.25) is 0 Å². The molecule has 1 heterocycles. The van der Waals surface area contributed by atoms with Gasteiger partial charge in [0, 0.05) is 11.1 Å². The summed E-state index contributed by atoms with van der Waals surface area (Å²) in [5.41, 5.74) is 1.36. The third-order valence-electron chi connectivity index (χ3n) is 2.75. The second kappa shape index (κ2) is 5.44. The largest absolute Gasteiger partial charge is 0.206 e. The van der Waals surface area contributed by atoms with Crippen LogP contribution in [0.25, 0.3) is 23.7 Å². The quantitative estimate of drug-likeness (QED) is 0.731. The number of aromatic nitrogens is 4. The lowest BCUT2D eigenvalue weighted by Gasteiger charge is -1.94. The van der Waals surface area contributed by atoms with Crippen LogP contribution >= 0.6 is 0 Å². The Kier molecular flexibility index (Phi) is 3.33. The monoisotopic (exact) mass is 266 g/mol. The van der Waals surface area contributed by atoms with E-state index in [0.717, 1.165) is 5.56 Å². The lowest BCUT2D eigenvalue weighted by Crippen LogP contribution is -1.92. The van der Waals surface area contributed by atoms with E-state index in [0.29, 0.717) is 11.4 Å². The fourth-order valence-electron chi connectivity index (χ4n) is 1.75. The summed E-state index contributed by atoms with van der Waals surface area (Å²) in [6.07, 6.45) is 3.17. The molecule has 3 rings (SSSR count). The van der Waals surface area contributed by atoms with Crippen molar-refractivity contribution in [2.24, 2.45) is 0 Å². The van der Waals surface area contributed by atoms with Gasteiger partial charge in [-0.1, -0.05) is 48.5 Å². The second-order valence-corrected chi connectivity index (χ2v) is 4.14. The van der Waals surface area contributed by atoms with Crippen molar-refractivity contribution < 1.29 is 4.39 Å². The predicted molar refractivity (Wildman–Crippen MR) is 74.9 cm³/mol. The van der Waals surface area contributed by atoms with Gasteiger partial charge in [0.1, 0.15) is 5.82 Å². The summed E-state index contributed by atoms with van der Waals surface area (Å²) < 4.78 is 13.4. The van der Waals surface area contributed by atoms with Crippen LogP contribution < -0.4 is 0 Å². The van der Waals surface area contributed by atoms with Crippen LogP contribution in [0.5, 0.6) is 0 Å². The molecule has 2 aromatic carbocycles. The Morgan fingerprint density at radius 3 is 2.50 bits per heavy atom. The molecule has 5 heteroatoms. The molecule has 0 saturated heterocycles. The minimum absolute atomic E-state index is 0.285. The predicted octanol–water partition coefficient (Wildman–Crippen LogP) is 3.11. The van der Waals surface area contributed by atoms with Crippen LogP contribution in [-0.4, -0.2) is 20.2 Å². The Morgan fingerprint density at radius 1 is 0.950 bits per heavy atom. The van der Waals surface area contributed by atoms with Crippen molar-refractivity contribution in [2.75, 3.05) is 0 Å². The summed E-state index contributed by atoms with van der Waals surface area (Å²) in [7, 11) is 0. The first-order valence-corrected chi connectivity index (χ1v) is 6.10. The highest BCUT2D eigenvalue weighted by Gasteiger charge is 2.03. The smallest absolute Gasteiger partial charge is 0.205 e. The molecule has 0 atom stereocenters. The van der Waals surface area contributed by atoms with Gasteiger partial charge >= 0.3 is 0 Å². The number of tetrazole rings is 1. The Morgan fingerprint density at radius 2 is 1.70 bits per heavy atom. The first-order valence-electron chi connectivity index (χ1n) is 6.10. The molecule has 4 nitrogen and oxygen atoms in total. The van der Waals surface area contributed by atoms with Gasteiger partial charge in [-0.2, -0.15) is 0 Å². The molecule has 0 aliphatic heterocycles. The summed E-state index contributed by atoms with van der Waals surface area (Å²) in [6.45, 7) is 0. The van der Waals surface area contributed by atoms with Gasteiger partial charge in [-0.05, 0) is 17.4 Å². The first-order chi connectivity index (χ1) is 9.83. The van der Waals surface area contributed by atoms with Crippen LogP contribution in [0.15, 0.2) is 54.6 Å². The number of hydrogen-bond donors (Lipinski definition) is 0. The summed E-state index contributed by atoms with van der Waals surface area (Å²) in [5.74, 6) is 0.246. The lowest BCUT2D eigenvalue weighted by atomic mass is 10.2. The highest BCUT2D eigenvalue weighted by molar-refractivity contribution is 5.60. The van der Waals surface area contributed by atoms with E-state index in [-0.39, 0.29) is 5.82 Å². The van der Waals surface area contributed by atoms with Crippen LogP contribution in [0.3, 0.4) is 0 Å². The molecular formula is C15H11FN4. The number of rotatable bonds is 3. The molecule has 20 heavy (non-hydrogen) atoms. The van der Waals surface area contributed by atoms with Crippen molar-refractivity contribution in [2.45, 2.75) is 0 Å². The Bertz CT molecular complexity index is 734. The van der Waals surface area contributed by atoms with E-state index in [1.807, 2.05) is 30.3 Å². The SMILES string of the molecule is Fc1ccccc1/C=C/n1nnc(-c2ccccc2)n1. The lowest BCUT2D eigenvalue weighted by molar-refractivity contribution is 0.625. The van der Waals surface area contributed by atoms with E-state index in [1.165, 1.54) is 10.9 Å². The molecule has 0 aliphatic carbocycles. The van der Waals surface area contributed by atoms with Crippen LogP contribution in [0.1, 0.15) is 5.56 Å². The van der Waals surface area contributed by atoms with Gasteiger partial charge < -0.3 is 0 Å². The van der Waals surface area contributed by atoms with E-state index < -0.39 is 0 Å². The van der Waals surface area contributed by atoms with Gasteiger partial charge in [-0.15, -0.1) is 15.0 Å². The van der Waals surface area contributed by atoms with Crippen molar-refractivity contribution in [1.29, 1.82) is 0 Å². The fourth-order valence-corrected chi connectivity index (χ4v) is 1.75. The average Bonchev–Trinajstić information content (AvgIpc) is 2.96. The van der Waals surface area contributed by atoms with E-state index in [1.54, 1.807) is 30.5 Å². The molecule has 3 aromatic rings. The first kappa shape index (κ1) is 12.2. The fraction of sp³-hybridized carbons (Fsp3) is 0. The molecule has 0 aliphatic rings. The zero-order valence-corrected chi connectivity index (χ0v) is 10.5. The molecule has 0 N–H and O–H groups in total. The van der Waals surface area contributed by atoms with E-state index in [9.17, 15) is 4.39 Å². The number of halogens is 1. The Balaban J connectivity index is 1.83. The van der Waals surface area contributed by atoms with Gasteiger partial charge in [0.25, 0.3) is 0 Å². The van der Waals surface area contributed by atoms with Crippen molar-refractivity contribution in [3.8, 4) is 11.4 Å². The van der Waals surface area contributed by atoms with Crippen LogP contribution in [-0.2, 0) is 0 Å². The molecule has 0 bridgehead atoms. The minimum Gasteiger partial charge on any atom is -0.206 e. The molecule has 1 aromatic heterocycles. The van der Waals surface area contributed by atoms with Crippen LogP contribution in [0.2, 0.25) is 0 Å². The van der Waals surface area contributed by atoms with Crippen molar-refractivity contribution in [3.63, 3.8) is 0 Å². The van der Waals surface area contributed by atoms with E-state index in [2.05, 4.69) is 15.4 Å². The minimum atomic E-state index is -0.285. The van der Waals surface area contributed by atoms with Gasteiger partial charge in [0.2, 0.25) is 5.82 Å². The maximum absolute atomic E-state index is 13.4. The standard InChI is InChI=1S/C15H11FN4/c16-14-9-5-4-6-12(14)10-11-20-18-15(17-19-20)13-7-2-1-3-8-13/h1-11H/b11-10+. The van der Waals surface area contributed by atoms with Crippen LogP contribution in [0.4, 0.5) is 4.39 Å². The number of hydrogen-bond acceptors (Lipinski definition) is 3. The summed E-state index contributed by atoms with van der Waals surface area (Å²) in [4.78, 5) is 1.31. The normalized spacial score (nSPS) is 11.1. The number of nitrogens with zero attached hydrogens (tertiary/aromatic N) is 4. The molecule has 0 fully saturated rings. The third kappa shape index (κ3) is 2.61. The molecule has 0 unspecified atom stereocenters.